The minimum atomic E-state index is -4.65. The minimum absolute atomic E-state index is 0.0311. The highest BCUT2D eigenvalue weighted by molar-refractivity contribution is 7.13. The fourth-order valence-corrected chi connectivity index (χ4v) is 6.21. The molecule has 3 N–H and O–H groups in total. The van der Waals surface area contributed by atoms with Gasteiger partial charge < -0.3 is 19.9 Å². The van der Waals surface area contributed by atoms with Crippen molar-refractivity contribution in [1.29, 1.82) is 0 Å². The third-order valence-electron chi connectivity index (χ3n) is 7.75. The summed E-state index contributed by atoms with van der Waals surface area (Å²) in [6.45, 7) is 4.60. The van der Waals surface area contributed by atoms with Gasteiger partial charge in [0.05, 0.1) is 5.52 Å². The van der Waals surface area contributed by atoms with Crippen molar-refractivity contribution in [2.24, 2.45) is 5.92 Å². The lowest BCUT2D eigenvalue weighted by atomic mass is 9.93. The maximum Gasteiger partial charge on any atom is 0.434 e. The molecular formula is C30H31F3N6O4S. The normalized spacial score (nSPS) is 14.6. The molecule has 1 aliphatic rings. The Hall–Kier alpha value is -4.30. The Morgan fingerprint density at radius 2 is 1.91 bits per heavy atom. The van der Waals surface area contributed by atoms with E-state index in [9.17, 15) is 32.7 Å². The number of hydrogen-bond acceptors (Lipinski definition) is 7. The molecule has 1 aliphatic heterocycles. The highest BCUT2D eigenvalue weighted by atomic mass is 32.1. The number of hydrogen-bond donors (Lipinski definition) is 3. The molecule has 0 saturated carbocycles. The number of aromatic nitrogens is 3. The lowest BCUT2D eigenvalue weighted by Crippen LogP contribution is -2.30. The zero-order valence-electron chi connectivity index (χ0n) is 24.1. The summed E-state index contributed by atoms with van der Waals surface area (Å²) < 4.78 is 42.0. The van der Waals surface area contributed by atoms with Crippen LogP contribution in [0.4, 0.5) is 23.8 Å². The number of benzene rings is 1. The molecule has 0 radical (unpaired) electrons. The Kier molecular flexibility index (Phi) is 9.02. The number of halogens is 3. The van der Waals surface area contributed by atoms with Gasteiger partial charge in [-0.2, -0.15) is 13.2 Å². The van der Waals surface area contributed by atoms with Crippen LogP contribution in [0.2, 0.25) is 0 Å². The van der Waals surface area contributed by atoms with E-state index in [2.05, 4.69) is 32.5 Å². The summed E-state index contributed by atoms with van der Waals surface area (Å²) >= 11 is 0.778. The smallest absolute Gasteiger partial charge is 0.434 e. The number of fused-ring (bicyclic) bond motifs is 1. The minimum Gasteiger partial charge on any atom is -0.477 e. The third kappa shape index (κ3) is 6.76. The fraction of sp³-hybridized carbons (Fsp3) is 0.367. The second-order valence-corrected chi connectivity index (χ2v) is 11.6. The summed E-state index contributed by atoms with van der Waals surface area (Å²) in [6, 6.07) is 5.83. The maximum atomic E-state index is 13.4. The number of nitrogens with one attached hydrogen (secondary N) is 2. The largest absolute Gasteiger partial charge is 0.477 e. The summed E-state index contributed by atoms with van der Waals surface area (Å²) in [5.41, 5.74) is -0.507. The number of urea groups is 1. The summed E-state index contributed by atoms with van der Waals surface area (Å²) in [6.07, 6.45) is 1.01. The molecule has 0 bridgehead atoms. The van der Waals surface area contributed by atoms with Crippen LogP contribution in [0.3, 0.4) is 0 Å². The van der Waals surface area contributed by atoms with Crippen molar-refractivity contribution >= 4 is 40.1 Å². The van der Waals surface area contributed by atoms with E-state index >= 15 is 0 Å². The molecule has 44 heavy (non-hydrogen) atoms. The Balaban J connectivity index is 1.59. The van der Waals surface area contributed by atoms with Gasteiger partial charge in [-0.25, -0.2) is 19.6 Å². The van der Waals surface area contributed by atoms with Gasteiger partial charge >= 0.3 is 18.2 Å². The van der Waals surface area contributed by atoms with Gasteiger partial charge in [0.25, 0.3) is 0 Å². The van der Waals surface area contributed by atoms with Crippen molar-refractivity contribution in [2.75, 3.05) is 32.0 Å². The molecule has 10 nitrogen and oxygen atoms in total. The van der Waals surface area contributed by atoms with Crippen molar-refractivity contribution in [3.8, 4) is 21.7 Å². The number of amides is 2. The van der Waals surface area contributed by atoms with E-state index in [0.29, 0.717) is 35.7 Å². The number of aromatic carboxylic acids is 1. The molecule has 232 valence electrons. The lowest BCUT2D eigenvalue weighted by Gasteiger charge is -2.29. The summed E-state index contributed by atoms with van der Waals surface area (Å²) in [7, 11) is 2.08. The van der Waals surface area contributed by atoms with Gasteiger partial charge in [-0.3, -0.25) is 10.1 Å². The predicted octanol–water partition coefficient (Wildman–Crippen LogP) is 5.78. The van der Waals surface area contributed by atoms with E-state index in [1.54, 1.807) is 23.6 Å². The van der Waals surface area contributed by atoms with Crippen molar-refractivity contribution in [3.63, 3.8) is 0 Å². The van der Waals surface area contributed by atoms with Crippen molar-refractivity contribution < 1.29 is 27.9 Å². The number of carbonyl (C=O) groups excluding carboxylic acids is 1. The van der Waals surface area contributed by atoms with E-state index in [0.717, 1.165) is 49.1 Å². The van der Waals surface area contributed by atoms with Gasteiger partial charge in [0, 0.05) is 47.4 Å². The first-order valence-corrected chi connectivity index (χ1v) is 15.0. The van der Waals surface area contributed by atoms with E-state index < -0.39 is 29.3 Å². The summed E-state index contributed by atoms with van der Waals surface area (Å²) in [5.74, 6) is -0.780. The quantitative estimate of drug-likeness (QED) is 0.226. The van der Waals surface area contributed by atoms with E-state index in [4.69, 9.17) is 0 Å². The number of rotatable bonds is 8. The number of carboxylic acids is 1. The van der Waals surface area contributed by atoms with Gasteiger partial charge in [-0.15, -0.1) is 11.3 Å². The molecule has 1 saturated heterocycles. The maximum absolute atomic E-state index is 13.4. The monoisotopic (exact) mass is 628 g/mol. The molecule has 0 aliphatic carbocycles. The number of piperidine rings is 1. The molecule has 0 unspecified atom stereocenters. The number of thiazole rings is 1. The van der Waals surface area contributed by atoms with Gasteiger partial charge in [0.15, 0.2) is 5.69 Å². The fourth-order valence-electron chi connectivity index (χ4n) is 5.35. The molecule has 4 aromatic rings. The number of nitrogens with zero attached hydrogens (tertiary/aromatic N) is 4. The average molecular weight is 629 g/mol. The number of pyridine rings is 2. The van der Waals surface area contributed by atoms with Crippen LogP contribution in [0.25, 0.3) is 32.6 Å². The molecule has 0 atom stereocenters. The zero-order chi connectivity index (χ0) is 31.6. The highest BCUT2D eigenvalue weighted by Gasteiger charge is 2.34. The van der Waals surface area contributed by atoms with E-state index in [1.165, 1.54) is 24.5 Å². The first kappa shape index (κ1) is 31.1. The Morgan fingerprint density at radius 3 is 2.57 bits per heavy atom. The number of anilines is 1. The Bertz CT molecular complexity index is 1760. The van der Waals surface area contributed by atoms with Crippen LogP contribution in [0, 0.1) is 5.92 Å². The van der Waals surface area contributed by atoms with Crippen LogP contribution < -0.4 is 16.1 Å². The van der Waals surface area contributed by atoms with Crippen LogP contribution >= 0.6 is 11.3 Å². The Labute approximate surface area is 254 Å². The molecular weight excluding hydrogens is 597 g/mol. The second-order valence-electron chi connectivity index (χ2n) is 10.8. The number of likely N-dealkylation sites (tertiary alicyclic amines) is 1. The topological polar surface area (TPSA) is 129 Å². The van der Waals surface area contributed by atoms with Crippen LogP contribution in [-0.2, 0) is 12.7 Å². The number of carboxylic acid groups (broad SMARTS) is 1. The molecule has 5 rings (SSSR count). The first-order chi connectivity index (χ1) is 20.9. The SMILES string of the molecule is CCNC(=O)Nc1cc(-c2nc(C(F)(F)F)cs2)c(-c2ccc3c(c2)c(=O)c(C(=O)O)cn3CCC2CCN(C)CC2)cn1. The number of carbonyl (C=O) groups is 2. The van der Waals surface area contributed by atoms with Crippen molar-refractivity contribution in [1.82, 2.24) is 24.8 Å². The van der Waals surface area contributed by atoms with E-state index in [1.807, 2.05) is 0 Å². The van der Waals surface area contributed by atoms with Gasteiger partial charge in [-0.05, 0) is 76.0 Å². The van der Waals surface area contributed by atoms with Crippen LogP contribution in [0.1, 0.15) is 42.2 Å². The van der Waals surface area contributed by atoms with Crippen molar-refractivity contribution in [2.45, 2.75) is 38.9 Å². The number of alkyl halides is 3. The van der Waals surface area contributed by atoms with E-state index in [-0.39, 0.29) is 27.3 Å². The summed E-state index contributed by atoms with van der Waals surface area (Å²) in [5, 5.41) is 16.0. The van der Waals surface area contributed by atoms with Gasteiger partial charge in [0.1, 0.15) is 16.4 Å². The van der Waals surface area contributed by atoms with Crippen LogP contribution in [-0.4, -0.2) is 63.2 Å². The third-order valence-corrected chi connectivity index (χ3v) is 8.62. The van der Waals surface area contributed by atoms with Crippen molar-refractivity contribution in [3.05, 3.63) is 63.5 Å². The summed E-state index contributed by atoms with van der Waals surface area (Å²) in [4.78, 5) is 47.8. The molecule has 2 amide bonds. The molecule has 14 heteroatoms. The van der Waals surface area contributed by atoms with Crippen LogP contribution in [0.5, 0.6) is 0 Å². The molecule has 1 aromatic carbocycles. The Morgan fingerprint density at radius 1 is 1.16 bits per heavy atom. The predicted molar refractivity (Wildman–Crippen MR) is 162 cm³/mol. The zero-order valence-corrected chi connectivity index (χ0v) is 24.9. The molecule has 0 spiro atoms. The second kappa shape index (κ2) is 12.7. The standard InChI is InChI=1S/C30H31F3N6O4S/c1-3-34-29(43)37-25-13-19(27-36-24(16-44-27)30(31,32)33)21(14-35-25)18-4-5-23-20(12-18)26(40)22(28(41)42)15-39(23)11-8-17-6-9-38(2)10-7-17/h4-5,12-17H,3,6-11H2,1-2H3,(H,41,42)(H2,34,35,37,43). The van der Waals surface area contributed by atoms with Gasteiger partial charge in [-0.1, -0.05) is 6.07 Å². The molecule has 3 aromatic heterocycles. The molecule has 1 fully saturated rings. The van der Waals surface area contributed by atoms with Crippen LogP contribution in [0.15, 0.2) is 46.8 Å². The highest BCUT2D eigenvalue weighted by Crippen LogP contribution is 2.39. The average Bonchev–Trinajstić information content (AvgIpc) is 3.49. The lowest BCUT2D eigenvalue weighted by molar-refractivity contribution is -0.140. The number of aryl methyl sites for hydroxylation is 1. The molecule has 4 heterocycles. The first-order valence-electron chi connectivity index (χ1n) is 14.1. The van der Waals surface area contributed by atoms with Gasteiger partial charge in [0.2, 0.25) is 5.43 Å².